The highest BCUT2D eigenvalue weighted by Crippen LogP contribution is 2.25. The average molecular weight is 458 g/mol. The molecular weight excluding hydrogens is 422 g/mol. The fraction of sp³-hybridized carbons (Fsp3) is 0.393. The van der Waals surface area contributed by atoms with E-state index in [9.17, 15) is 4.79 Å². The van der Waals surface area contributed by atoms with Crippen molar-refractivity contribution in [2.24, 2.45) is 5.92 Å². The summed E-state index contributed by atoms with van der Waals surface area (Å²) in [6.07, 6.45) is 3.29. The van der Waals surface area contributed by atoms with Gasteiger partial charge in [0.25, 0.3) is 0 Å². The summed E-state index contributed by atoms with van der Waals surface area (Å²) >= 11 is 0. The number of carbonyl (C=O) groups is 1. The van der Waals surface area contributed by atoms with Crippen molar-refractivity contribution < 1.29 is 4.79 Å². The zero-order valence-corrected chi connectivity index (χ0v) is 20.5. The Bertz CT molecular complexity index is 1070. The molecule has 0 bridgehead atoms. The van der Waals surface area contributed by atoms with Gasteiger partial charge in [-0.05, 0) is 51.3 Å². The predicted molar refractivity (Wildman–Crippen MR) is 139 cm³/mol. The molecule has 178 valence electrons. The number of nitrogens with one attached hydrogen (secondary N) is 1. The molecule has 6 nitrogen and oxygen atoms in total. The van der Waals surface area contributed by atoms with E-state index in [4.69, 9.17) is 0 Å². The topological polar surface area (TPSA) is 61.4 Å². The molecule has 6 heteroatoms. The highest BCUT2D eigenvalue weighted by molar-refractivity contribution is 5.79. The van der Waals surface area contributed by atoms with E-state index in [1.165, 1.54) is 11.3 Å². The molecule has 1 aliphatic rings. The number of nitrogens with zero attached hydrogens (tertiary/aromatic N) is 4. The summed E-state index contributed by atoms with van der Waals surface area (Å²) in [5.74, 6) is 1.12. The maximum atomic E-state index is 12.8. The zero-order valence-electron chi connectivity index (χ0n) is 20.5. The fourth-order valence-corrected chi connectivity index (χ4v) is 4.52. The molecule has 0 spiro atoms. The first-order valence-corrected chi connectivity index (χ1v) is 12.3. The molecule has 0 radical (unpaired) electrons. The van der Waals surface area contributed by atoms with Gasteiger partial charge in [-0.15, -0.1) is 0 Å². The van der Waals surface area contributed by atoms with Crippen LogP contribution < -0.4 is 15.1 Å². The van der Waals surface area contributed by atoms with Crippen LogP contribution in [0.5, 0.6) is 0 Å². The van der Waals surface area contributed by atoms with Crippen molar-refractivity contribution >= 4 is 17.4 Å². The van der Waals surface area contributed by atoms with E-state index < -0.39 is 0 Å². The van der Waals surface area contributed by atoms with Crippen molar-refractivity contribution in [2.75, 3.05) is 36.0 Å². The SMILES string of the molecule is CCN(CC)c1ccc(CNC(=O)C2CCN(c3cc(-c4ccc(C)cc4)ncn3)CC2)cc1. The van der Waals surface area contributed by atoms with Gasteiger partial charge in [0.15, 0.2) is 0 Å². The lowest BCUT2D eigenvalue weighted by Gasteiger charge is -2.32. The fourth-order valence-electron chi connectivity index (χ4n) is 4.52. The Balaban J connectivity index is 1.28. The molecule has 1 N–H and O–H groups in total. The van der Waals surface area contributed by atoms with Crippen LogP contribution in [-0.2, 0) is 11.3 Å². The summed E-state index contributed by atoms with van der Waals surface area (Å²) in [5.41, 5.74) is 5.61. The van der Waals surface area contributed by atoms with Gasteiger partial charge in [-0.25, -0.2) is 9.97 Å². The van der Waals surface area contributed by atoms with Crippen LogP contribution in [0.3, 0.4) is 0 Å². The molecule has 1 aromatic heterocycles. The van der Waals surface area contributed by atoms with Crippen molar-refractivity contribution in [1.29, 1.82) is 0 Å². The smallest absolute Gasteiger partial charge is 0.223 e. The van der Waals surface area contributed by atoms with Gasteiger partial charge in [-0.1, -0.05) is 42.0 Å². The second kappa shape index (κ2) is 11.1. The van der Waals surface area contributed by atoms with Crippen LogP contribution in [0.15, 0.2) is 60.9 Å². The van der Waals surface area contributed by atoms with Gasteiger partial charge < -0.3 is 15.1 Å². The standard InChI is InChI=1S/C28H35N5O/c1-4-32(5-2)25-12-8-22(9-13-25)19-29-28(34)24-14-16-33(17-15-24)27-18-26(30-20-31-27)23-10-6-21(3)7-11-23/h6-13,18,20,24H,4-5,14-17,19H2,1-3H3,(H,29,34). The Morgan fingerprint density at radius 3 is 2.32 bits per heavy atom. The molecule has 0 atom stereocenters. The van der Waals surface area contributed by atoms with Gasteiger partial charge in [-0.2, -0.15) is 0 Å². The van der Waals surface area contributed by atoms with Crippen LogP contribution in [-0.4, -0.2) is 42.1 Å². The number of benzene rings is 2. The van der Waals surface area contributed by atoms with Crippen molar-refractivity contribution in [3.63, 3.8) is 0 Å². The van der Waals surface area contributed by atoms with Gasteiger partial charge in [0, 0.05) is 56.0 Å². The molecule has 0 aliphatic carbocycles. The van der Waals surface area contributed by atoms with Crippen LogP contribution in [0.2, 0.25) is 0 Å². The highest BCUT2D eigenvalue weighted by Gasteiger charge is 2.25. The summed E-state index contributed by atoms with van der Waals surface area (Å²) in [5, 5.41) is 3.14. The highest BCUT2D eigenvalue weighted by atomic mass is 16.1. The van der Waals surface area contributed by atoms with Crippen LogP contribution in [0.4, 0.5) is 11.5 Å². The predicted octanol–water partition coefficient (Wildman–Crippen LogP) is 4.83. The van der Waals surface area contributed by atoms with E-state index in [1.54, 1.807) is 6.33 Å². The number of rotatable bonds is 8. The van der Waals surface area contributed by atoms with Crippen molar-refractivity contribution in [1.82, 2.24) is 15.3 Å². The normalized spacial score (nSPS) is 14.1. The number of hydrogen-bond donors (Lipinski definition) is 1. The Hall–Kier alpha value is -3.41. The minimum atomic E-state index is 0.0459. The maximum Gasteiger partial charge on any atom is 0.223 e. The molecule has 1 amide bonds. The van der Waals surface area contributed by atoms with Crippen molar-refractivity contribution in [3.8, 4) is 11.3 Å². The number of carbonyl (C=O) groups excluding carboxylic acids is 1. The molecular formula is C28H35N5O. The molecule has 1 fully saturated rings. The van der Waals surface area contributed by atoms with Gasteiger partial charge >= 0.3 is 0 Å². The number of anilines is 2. The number of amides is 1. The molecule has 34 heavy (non-hydrogen) atoms. The third-order valence-corrected chi connectivity index (χ3v) is 6.72. The molecule has 3 aromatic rings. The summed E-state index contributed by atoms with van der Waals surface area (Å²) in [6, 6.07) is 18.9. The van der Waals surface area contributed by atoms with E-state index in [2.05, 4.69) is 94.4 Å². The number of hydrogen-bond acceptors (Lipinski definition) is 5. The Morgan fingerprint density at radius 1 is 1.00 bits per heavy atom. The minimum absolute atomic E-state index is 0.0459. The lowest BCUT2D eigenvalue weighted by Crippen LogP contribution is -2.40. The molecule has 4 rings (SSSR count). The third kappa shape index (κ3) is 5.74. The van der Waals surface area contributed by atoms with E-state index in [0.717, 1.165) is 61.7 Å². The minimum Gasteiger partial charge on any atom is -0.372 e. The average Bonchev–Trinajstić information content (AvgIpc) is 2.89. The van der Waals surface area contributed by atoms with Crippen LogP contribution in [0.25, 0.3) is 11.3 Å². The molecule has 1 aliphatic heterocycles. The van der Waals surface area contributed by atoms with Crippen LogP contribution in [0, 0.1) is 12.8 Å². The first-order valence-electron chi connectivity index (χ1n) is 12.3. The van der Waals surface area contributed by atoms with Crippen molar-refractivity contribution in [3.05, 3.63) is 72.1 Å². The molecule has 0 saturated carbocycles. The second-order valence-electron chi connectivity index (χ2n) is 8.95. The van der Waals surface area contributed by atoms with E-state index in [-0.39, 0.29) is 11.8 Å². The van der Waals surface area contributed by atoms with E-state index >= 15 is 0 Å². The summed E-state index contributed by atoms with van der Waals surface area (Å²) in [6.45, 7) is 10.6. The first kappa shape index (κ1) is 23.7. The number of piperidine rings is 1. The molecule has 0 unspecified atom stereocenters. The molecule has 2 aromatic carbocycles. The summed E-state index contributed by atoms with van der Waals surface area (Å²) in [7, 11) is 0. The quantitative estimate of drug-likeness (QED) is 0.525. The van der Waals surface area contributed by atoms with Gasteiger partial charge in [0.2, 0.25) is 5.91 Å². The van der Waals surface area contributed by atoms with Gasteiger partial charge in [0.1, 0.15) is 12.1 Å². The number of aryl methyl sites for hydroxylation is 1. The summed E-state index contributed by atoms with van der Waals surface area (Å²) < 4.78 is 0. The Labute approximate surface area is 203 Å². The third-order valence-electron chi connectivity index (χ3n) is 6.72. The van der Waals surface area contributed by atoms with E-state index in [0.29, 0.717) is 6.54 Å². The van der Waals surface area contributed by atoms with E-state index in [1.807, 2.05) is 6.07 Å². The molecule has 2 heterocycles. The van der Waals surface area contributed by atoms with Gasteiger partial charge in [-0.3, -0.25) is 4.79 Å². The Morgan fingerprint density at radius 2 is 1.68 bits per heavy atom. The first-order chi connectivity index (χ1) is 16.6. The summed E-state index contributed by atoms with van der Waals surface area (Å²) in [4.78, 5) is 26.3. The maximum absolute atomic E-state index is 12.8. The van der Waals surface area contributed by atoms with Crippen molar-refractivity contribution in [2.45, 2.75) is 40.2 Å². The Kier molecular flexibility index (Phi) is 7.78. The van der Waals surface area contributed by atoms with Gasteiger partial charge in [0.05, 0.1) is 5.69 Å². The molecule has 1 saturated heterocycles. The zero-order chi connectivity index (χ0) is 23.9. The second-order valence-corrected chi connectivity index (χ2v) is 8.95. The lowest BCUT2D eigenvalue weighted by atomic mass is 9.95. The van der Waals surface area contributed by atoms with Crippen LogP contribution in [0.1, 0.15) is 37.8 Å². The monoisotopic (exact) mass is 457 g/mol. The number of aromatic nitrogens is 2. The largest absolute Gasteiger partial charge is 0.372 e. The van der Waals surface area contributed by atoms with Crippen LogP contribution >= 0.6 is 0 Å². The lowest BCUT2D eigenvalue weighted by molar-refractivity contribution is -0.125.